The summed E-state index contributed by atoms with van der Waals surface area (Å²) in [5.74, 6) is -0.203. The summed E-state index contributed by atoms with van der Waals surface area (Å²) in [5.41, 5.74) is 1.67. The van der Waals surface area contributed by atoms with Crippen LogP contribution in [0.15, 0.2) is 47.4 Å². The van der Waals surface area contributed by atoms with Gasteiger partial charge in [0.15, 0.2) is 0 Å². The molecule has 122 valence electrons. The molecule has 0 aliphatic heterocycles. The lowest BCUT2D eigenvalue weighted by Crippen LogP contribution is -2.15. The first-order chi connectivity index (χ1) is 10.8. The lowest BCUT2D eigenvalue weighted by molar-refractivity contribution is -0.137. The molecule has 0 aliphatic carbocycles. The minimum absolute atomic E-state index is 0.138. The Bertz CT molecular complexity index is 713. The largest absolute Gasteiger partial charge is 0.416 e. The van der Waals surface area contributed by atoms with Crippen LogP contribution in [0.5, 0.6) is 0 Å². The van der Waals surface area contributed by atoms with Crippen LogP contribution in [0, 0.1) is 13.8 Å². The molecule has 0 saturated carbocycles. The van der Waals surface area contributed by atoms with E-state index in [-0.39, 0.29) is 17.3 Å². The molecule has 1 N–H and O–H groups in total. The minimum atomic E-state index is -4.42. The van der Waals surface area contributed by atoms with E-state index in [1.54, 1.807) is 0 Å². The number of benzene rings is 2. The molecule has 0 heterocycles. The average molecular weight is 339 g/mol. The van der Waals surface area contributed by atoms with Crippen molar-refractivity contribution in [3.63, 3.8) is 0 Å². The molecule has 0 fully saturated rings. The SMILES string of the molecule is Cc1ccc(SCC(=O)Nc2cccc(C(F)(F)F)c2)cc1C. The number of carbonyl (C=O) groups excluding carboxylic acids is 1. The number of aryl methyl sites for hydroxylation is 2. The van der Waals surface area contributed by atoms with Crippen LogP contribution in [0.1, 0.15) is 16.7 Å². The maximum absolute atomic E-state index is 12.6. The van der Waals surface area contributed by atoms with Crippen molar-refractivity contribution in [1.29, 1.82) is 0 Å². The van der Waals surface area contributed by atoms with E-state index in [1.165, 1.54) is 29.5 Å². The molecule has 0 bridgehead atoms. The van der Waals surface area contributed by atoms with Gasteiger partial charge in [-0.3, -0.25) is 4.79 Å². The molecule has 6 heteroatoms. The highest BCUT2D eigenvalue weighted by Crippen LogP contribution is 2.30. The standard InChI is InChI=1S/C17H16F3NOS/c1-11-6-7-15(8-12(11)2)23-10-16(22)21-14-5-3-4-13(9-14)17(18,19)20/h3-9H,10H2,1-2H3,(H,21,22). The predicted octanol–water partition coefficient (Wildman–Crippen LogP) is 5.05. The van der Waals surface area contributed by atoms with Crippen molar-refractivity contribution in [2.45, 2.75) is 24.9 Å². The molecule has 0 saturated heterocycles. The first-order valence-electron chi connectivity index (χ1n) is 6.93. The van der Waals surface area contributed by atoms with Gasteiger partial charge >= 0.3 is 6.18 Å². The van der Waals surface area contributed by atoms with E-state index >= 15 is 0 Å². The first kappa shape index (κ1) is 17.4. The van der Waals surface area contributed by atoms with Crippen LogP contribution in [-0.4, -0.2) is 11.7 Å². The number of thioether (sulfide) groups is 1. The van der Waals surface area contributed by atoms with Gasteiger partial charge in [0.1, 0.15) is 0 Å². The molecular formula is C17H16F3NOS. The van der Waals surface area contributed by atoms with E-state index in [4.69, 9.17) is 0 Å². The number of alkyl halides is 3. The Morgan fingerprint density at radius 3 is 2.48 bits per heavy atom. The topological polar surface area (TPSA) is 29.1 Å². The van der Waals surface area contributed by atoms with Crippen LogP contribution in [0.2, 0.25) is 0 Å². The molecule has 2 rings (SSSR count). The smallest absolute Gasteiger partial charge is 0.325 e. The van der Waals surface area contributed by atoms with Crippen molar-refractivity contribution in [2.24, 2.45) is 0 Å². The molecule has 1 amide bonds. The molecule has 2 aromatic rings. The van der Waals surface area contributed by atoms with Gasteiger partial charge in [-0.1, -0.05) is 12.1 Å². The fraction of sp³-hybridized carbons (Fsp3) is 0.235. The number of nitrogens with one attached hydrogen (secondary N) is 1. The maximum Gasteiger partial charge on any atom is 0.416 e. The zero-order valence-electron chi connectivity index (χ0n) is 12.7. The molecule has 0 unspecified atom stereocenters. The zero-order chi connectivity index (χ0) is 17.0. The van der Waals surface area contributed by atoms with E-state index in [0.717, 1.165) is 22.6 Å². The van der Waals surface area contributed by atoms with Crippen LogP contribution in [0.25, 0.3) is 0 Å². The van der Waals surface area contributed by atoms with Gasteiger partial charge in [-0.2, -0.15) is 13.2 Å². The third kappa shape index (κ3) is 5.03. The van der Waals surface area contributed by atoms with Gasteiger partial charge in [0.2, 0.25) is 5.91 Å². The van der Waals surface area contributed by atoms with Crippen molar-refractivity contribution in [3.05, 3.63) is 59.2 Å². The fourth-order valence-electron chi connectivity index (χ4n) is 1.92. The van der Waals surface area contributed by atoms with Gasteiger partial charge in [-0.15, -0.1) is 11.8 Å². The number of rotatable bonds is 4. The van der Waals surface area contributed by atoms with E-state index < -0.39 is 11.7 Å². The van der Waals surface area contributed by atoms with E-state index in [2.05, 4.69) is 5.32 Å². The Kier molecular flexibility index (Phi) is 5.36. The molecule has 23 heavy (non-hydrogen) atoms. The summed E-state index contributed by atoms with van der Waals surface area (Å²) < 4.78 is 37.9. The number of hydrogen-bond acceptors (Lipinski definition) is 2. The van der Waals surface area contributed by atoms with Gasteiger partial charge in [-0.25, -0.2) is 0 Å². The quantitative estimate of drug-likeness (QED) is 0.790. The van der Waals surface area contributed by atoms with Crippen LogP contribution in [0.3, 0.4) is 0 Å². The fourth-order valence-corrected chi connectivity index (χ4v) is 2.72. The van der Waals surface area contributed by atoms with Crippen LogP contribution < -0.4 is 5.32 Å². The predicted molar refractivity (Wildman–Crippen MR) is 86.7 cm³/mol. The number of hydrogen-bond donors (Lipinski definition) is 1. The van der Waals surface area contributed by atoms with Gasteiger partial charge < -0.3 is 5.32 Å². The Labute approximate surface area is 137 Å². The molecule has 2 aromatic carbocycles. The number of anilines is 1. The highest BCUT2D eigenvalue weighted by Gasteiger charge is 2.30. The molecular weight excluding hydrogens is 323 g/mol. The summed E-state index contributed by atoms with van der Waals surface area (Å²) in [7, 11) is 0. The van der Waals surface area contributed by atoms with Crippen LogP contribution >= 0.6 is 11.8 Å². The van der Waals surface area contributed by atoms with Gasteiger partial charge in [0.05, 0.1) is 11.3 Å². The Morgan fingerprint density at radius 2 is 1.83 bits per heavy atom. The highest BCUT2D eigenvalue weighted by molar-refractivity contribution is 8.00. The molecule has 0 spiro atoms. The summed E-state index contributed by atoms with van der Waals surface area (Å²) in [6.45, 7) is 3.99. The third-order valence-electron chi connectivity index (χ3n) is 3.32. The summed E-state index contributed by atoms with van der Waals surface area (Å²) in [5, 5.41) is 2.49. The van der Waals surface area contributed by atoms with E-state index in [0.29, 0.717) is 0 Å². The van der Waals surface area contributed by atoms with Crippen molar-refractivity contribution in [1.82, 2.24) is 0 Å². The van der Waals surface area contributed by atoms with Crippen molar-refractivity contribution >= 4 is 23.4 Å². The zero-order valence-corrected chi connectivity index (χ0v) is 13.5. The third-order valence-corrected chi connectivity index (χ3v) is 4.32. The summed E-state index contributed by atoms with van der Waals surface area (Å²) in [4.78, 5) is 12.8. The molecule has 0 atom stereocenters. The van der Waals surface area contributed by atoms with Crippen LogP contribution in [0.4, 0.5) is 18.9 Å². The van der Waals surface area contributed by atoms with E-state index in [9.17, 15) is 18.0 Å². The summed E-state index contributed by atoms with van der Waals surface area (Å²) in [6.07, 6.45) is -4.42. The minimum Gasteiger partial charge on any atom is -0.325 e. The van der Waals surface area contributed by atoms with Crippen LogP contribution in [-0.2, 0) is 11.0 Å². The second-order valence-corrected chi connectivity index (χ2v) is 6.21. The summed E-state index contributed by atoms with van der Waals surface area (Å²) >= 11 is 1.35. The second-order valence-electron chi connectivity index (χ2n) is 5.16. The number of halogens is 3. The van der Waals surface area contributed by atoms with E-state index in [1.807, 2.05) is 32.0 Å². The van der Waals surface area contributed by atoms with Gasteiger partial charge in [-0.05, 0) is 55.3 Å². The summed E-state index contributed by atoms with van der Waals surface area (Å²) in [6, 6.07) is 10.5. The monoisotopic (exact) mass is 339 g/mol. The Balaban J connectivity index is 1.96. The molecule has 0 radical (unpaired) electrons. The van der Waals surface area contributed by atoms with Crippen molar-refractivity contribution in [3.8, 4) is 0 Å². The maximum atomic E-state index is 12.6. The van der Waals surface area contributed by atoms with Gasteiger partial charge in [0.25, 0.3) is 0 Å². The Hall–Kier alpha value is -1.95. The molecule has 2 nitrogen and oxygen atoms in total. The lowest BCUT2D eigenvalue weighted by Gasteiger charge is -2.10. The molecule has 0 aliphatic rings. The second kappa shape index (κ2) is 7.08. The average Bonchev–Trinajstić information content (AvgIpc) is 2.48. The number of amides is 1. The van der Waals surface area contributed by atoms with Crippen molar-refractivity contribution in [2.75, 3.05) is 11.1 Å². The van der Waals surface area contributed by atoms with Gasteiger partial charge in [0, 0.05) is 10.6 Å². The number of carbonyl (C=O) groups is 1. The molecule has 0 aromatic heterocycles. The first-order valence-corrected chi connectivity index (χ1v) is 7.91. The highest BCUT2D eigenvalue weighted by atomic mass is 32.2. The Morgan fingerprint density at radius 1 is 1.09 bits per heavy atom. The van der Waals surface area contributed by atoms with Crippen molar-refractivity contribution < 1.29 is 18.0 Å². The normalized spacial score (nSPS) is 11.3. The lowest BCUT2D eigenvalue weighted by atomic mass is 10.1.